The number of nitrogens with zero attached hydrogens (tertiary/aromatic N) is 1. The summed E-state index contributed by atoms with van der Waals surface area (Å²) < 4.78 is 15.6. The maximum atomic E-state index is 11.6. The zero-order valence-corrected chi connectivity index (χ0v) is 12.0. The van der Waals surface area contributed by atoms with E-state index in [-0.39, 0.29) is 12.1 Å². The number of likely N-dealkylation sites (N-methyl/N-ethyl adjacent to an activating group) is 1. The summed E-state index contributed by atoms with van der Waals surface area (Å²) in [4.78, 5) is 13.2. The second kappa shape index (κ2) is 6.47. The first kappa shape index (κ1) is 14.5. The number of hydrogen-bond donors (Lipinski definition) is 1. The average molecular weight is 280 g/mol. The second-order valence-electron chi connectivity index (χ2n) is 4.51. The molecule has 0 spiro atoms. The van der Waals surface area contributed by atoms with E-state index in [2.05, 4.69) is 5.32 Å². The maximum Gasteiger partial charge on any atom is 0.410 e. The van der Waals surface area contributed by atoms with Crippen LogP contribution in [0.25, 0.3) is 0 Å². The summed E-state index contributed by atoms with van der Waals surface area (Å²) >= 11 is 0. The summed E-state index contributed by atoms with van der Waals surface area (Å²) in [7, 11) is 5.10. The Kier molecular flexibility index (Phi) is 4.68. The number of ether oxygens (including phenoxy) is 3. The summed E-state index contributed by atoms with van der Waals surface area (Å²) in [6, 6.07) is 5.58. The van der Waals surface area contributed by atoms with E-state index < -0.39 is 0 Å². The van der Waals surface area contributed by atoms with Crippen molar-refractivity contribution in [1.29, 1.82) is 0 Å². The fourth-order valence-corrected chi connectivity index (χ4v) is 2.27. The van der Waals surface area contributed by atoms with Crippen LogP contribution >= 0.6 is 0 Å². The van der Waals surface area contributed by atoms with Gasteiger partial charge in [0.2, 0.25) is 0 Å². The van der Waals surface area contributed by atoms with Crippen molar-refractivity contribution in [3.05, 3.63) is 23.8 Å². The minimum Gasteiger partial charge on any atom is -0.497 e. The predicted molar refractivity (Wildman–Crippen MR) is 74.3 cm³/mol. The van der Waals surface area contributed by atoms with E-state index in [0.29, 0.717) is 19.7 Å². The van der Waals surface area contributed by atoms with E-state index >= 15 is 0 Å². The Morgan fingerprint density at radius 3 is 2.75 bits per heavy atom. The zero-order valence-electron chi connectivity index (χ0n) is 12.0. The van der Waals surface area contributed by atoms with Crippen molar-refractivity contribution in [3.8, 4) is 11.5 Å². The van der Waals surface area contributed by atoms with Gasteiger partial charge in [0.05, 0.1) is 26.8 Å². The molecule has 1 aromatic carbocycles. The molecule has 1 unspecified atom stereocenters. The average Bonchev–Trinajstić information content (AvgIpc) is 2.89. The molecule has 1 heterocycles. The van der Waals surface area contributed by atoms with Gasteiger partial charge >= 0.3 is 6.09 Å². The minimum atomic E-state index is -0.271. The molecular formula is C14H20N2O4. The standard InChI is InChI=1S/C14H20N2O4/c1-15-12(9-16-6-7-20-14(16)17)11-8-10(18-2)4-5-13(11)19-3/h4-5,8,12,15H,6-7,9H2,1-3H3. The molecular weight excluding hydrogens is 260 g/mol. The molecule has 1 aromatic rings. The van der Waals surface area contributed by atoms with E-state index in [0.717, 1.165) is 17.1 Å². The van der Waals surface area contributed by atoms with Crippen molar-refractivity contribution in [2.75, 3.05) is 41.0 Å². The normalized spacial score (nSPS) is 15.9. The van der Waals surface area contributed by atoms with Crippen LogP contribution < -0.4 is 14.8 Å². The number of hydrogen-bond acceptors (Lipinski definition) is 5. The zero-order chi connectivity index (χ0) is 14.5. The van der Waals surface area contributed by atoms with Crippen LogP contribution in [0.3, 0.4) is 0 Å². The fraction of sp³-hybridized carbons (Fsp3) is 0.500. The third-order valence-electron chi connectivity index (χ3n) is 3.41. The number of amides is 1. The first-order chi connectivity index (χ1) is 9.69. The van der Waals surface area contributed by atoms with Crippen LogP contribution in [0.2, 0.25) is 0 Å². The SMILES string of the molecule is CNC(CN1CCOC1=O)c1cc(OC)ccc1OC. The Balaban J connectivity index is 2.23. The summed E-state index contributed by atoms with van der Waals surface area (Å²) in [5.41, 5.74) is 0.953. The van der Waals surface area contributed by atoms with Crippen LogP contribution in [-0.4, -0.2) is 52.0 Å². The topological polar surface area (TPSA) is 60.0 Å². The van der Waals surface area contributed by atoms with Gasteiger partial charge < -0.3 is 24.4 Å². The largest absolute Gasteiger partial charge is 0.497 e. The summed E-state index contributed by atoms with van der Waals surface area (Å²) in [6.07, 6.45) is -0.271. The Morgan fingerprint density at radius 2 is 2.20 bits per heavy atom. The molecule has 1 saturated heterocycles. The van der Waals surface area contributed by atoms with Crippen LogP contribution in [0, 0.1) is 0 Å². The lowest BCUT2D eigenvalue weighted by Crippen LogP contribution is -2.34. The van der Waals surface area contributed by atoms with Crippen molar-refractivity contribution in [2.24, 2.45) is 0 Å². The van der Waals surface area contributed by atoms with Crippen LogP contribution in [0.15, 0.2) is 18.2 Å². The molecule has 1 amide bonds. The van der Waals surface area contributed by atoms with Gasteiger partial charge in [0, 0.05) is 12.1 Å². The van der Waals surface area contributed by atoms with Gasteiger partial charge in [-0.05, 0) is 25.2 Å². The Labute approximate surface area is 118 Å². The Hall–Kier alpha value is -1.95. The molecule has 1 atom stereocenters. The first-order valence-corrected chi connectivity index (χ1v) is 6.50. The molecule has 20 heavy (non-hydrogen) atoms. The van der Waals surface area contributed by atoms with E-state index in [4.69, 9.17) is 14.2 Å². The van der Waals surface area contributed by atoms with Crippen LogP contribution in [0.1, 0.15) is 11.6 Å². The summed E-state index contributed by atoms with van der Waals surface area (Å²) in [6.45, 7) is 1.59. The second-order valence-corrected chi connectivity index (χ2v) is 4.51. The van der Waals surface area contributed by atoms with E-state index in [1.54, 1.807) is 19.1 Å². The molecule has 0 aromatic heterocycles. The summed E-state index contributed by atoms with van der Waals surface area (Å²) in [5.74, 6) is 1.52. The van der Waals surface area contributed by atoms with Gasteiger partial charge in [0.1, 0.15) is 18.1 Å². The van der Waals surface area contributed by atoms with Gasteiger partial charge in [0.15, 0.2) is 0 Å². The molecule has 2 rings (SSSR count). The highest BCUT2D eigenvalue weighted by Crippen LogP contribution is 2.30. The van der Waals surface area contributed by atoms with E-state index in [1.807, 2.05) is 25.2 Å². The van der Waals surface area contributed by atoms with Crippen LogP contribution in [0.4, 0.5) is 4.79 Å². The maximum absolute atomic E-state index is 11.6. The number of cyclic esters (lactones) is 1. The molecule has 110 valence electrons. The lowest BCUT2D eigenvalue weighted by molar-refractivity contribution is 0.156. The van der Waals surface area contributed by atoms with Gasteiger partial charge in [-0.25, -0.2) is 4.79 Å². The lowest BCUT2D eigenvalue weighted by Gasteiger charge is -2.24. The van der Waals surface area contributed by atoms with Crippen molar-refractivity contribution in [3.63, 3.8) is 0 Å². The number of carbonyl (C=O) groups is 1. The molecule has 0 bridgehead atoms. The molecule has 0 saturated carbocycles. The highest BCUT2D eigenvalue weighted by Gasteiger charge is 2.26. The van der Waals surface area contributed by atoms with Crippen molar-refractivity contribution in [1.82, 2.24) is 10.2 Å². The number of benzene rings is 1. The fourth-order valence-electron chi connectivity index (χ4n) is 2.27. The third kappa shape index (κ3) is 2.96. The van der Waals surface area contributed by atoms with Gasteiger partial charge in [-0.1, -0.05) is 0 Å². The van der Waals surface area contributed by atoms with Crippen LogP contribution in [-0.2, 0) is 4.74 Å². The van der Waals surface area contributed by atoms with E-state index in [1.165, 1.54) is 0 Å². The first-order valence-electron chi connectivity index (χ1n) is 6.50. The van der Waals surface area contributed by atoms with E-state index in [9.17, 15) is 4.79 Å². The number of carbonyl (C=O) groups excluding carboxylic acids is 1. The smallest absolute Gasteiger partial charge is 0.410 e. The highest BCUT2D eigenvalue weighted by atomic mass is 16.6. The highest BCUT2D eigenvalue weighted by molar-refractivity contribution is 5.69. The quantitative estimate of drug-likeness (QED) is 0.854. The predicted octanol–water partition coefficient (Wildman–Crippen LogP) is 1.42. The van der Waals surface area contributed by atoms with Gasteiger partial charge in [-0.3, -0.25) is 0 Å². The molecule has 1 aliphatic rings. The number of nitrogens with one attached hydrogen (secondary N) is 1. The van der Waals surface area contributed by atoms with Gasteiger partial charge in [0.25, 0.3) is 0 Å². The molecule has 0 aliphatic carbocycles. The third-order valence-corrected chi connectivity index (χ3v) is 3.41. The monoisotopic (exact) mass is 280 g/mol. The van der Waals surface area contributed by atoms with Crippen molar-refractivity contribution < 1.29 is 19.0 Å². The summed E-state index contributed by atoms with van der Waals surface area (Å²) in [5, 5.41) is 3.21. The molecule has 6 nitrogen and oxygen atoms in total. The van der Waals surface area contributed by atoms with Crippen molar-refractivity contribution in [2.45, 2.75) is 6.04 Å². The van der Waals surface area contributed by atoms with Crippen LogP contribution in [0.5, 0.6) is 11.5 Å². The Bertz CT molecular complexity index is 478. The molecule has 1 fully saturated rings. The number of rotatable bonds is 6. The van der Waals surface area contributed by atoms with Gasteiger partial charge in [-0.2, -0.15) is 0 Å². The molecule has 6 heteroatoms. The van der Waals surface area contributed by atoms with Crippen molar-refractivity contribution >= 4 is 6.09 Å². The molecule has 1 aliphatic heterocycles. The molecule has 0 radical (unpaired) electrons. The Morgan fingerprint density at radius 1 is 1.40 bits per heavy atom. The van der Waals surface area contributed by atoms with Gasteiger partial charge in [-0.15, -0.1) is 0 Å². The molecule has 1 N–H and O–H groups in total. The lowest BCUT2D eigenvalue weighted by atomic mass is 10.0. The number of methoxy groups -OCH3 is 2. The minimum absolute atomic E-state index is 0.0503.